The fourth-order valence-electron chi connectivity index (χ4n) is 1.62. The highest BCUT2D eigenvalue weighted by atomic mass is 32.2. The lowest BCUT2D eigenvalue weighted by Gasteiger charge is -2.12. The van der Waals surface area contributed by atoms with Gasteiger partial charge in [0.15, 0.2) is 0 Å². The zero-order chi connectivity index (χ0) is 13.9. The van der Waals surface area contributed by atoms with Crippen LogP contribution in [0.2, 0.25) is 0 Å². The van der Waals surface area contributed by atoms with Crippen LogP contribution in [0.15, 0.2) is 41.4 Å². The maximum Gasteiger partial charge on any atom is 0.242 e. The van der Waals surface area contributed by atoms with Gasteiger partial charge in [-0.2, -0.15) is 0 Å². The zero-order valence-corrected chi connectivity index (χ0v) is 11.7. The summed E-state index contributed by atoms with van der Waals surface area (Å²) in [6.45, 7) is 2.24. The van der Waals surface area contributed by atoms with Crippen LogP contribution in [0, 0.1) is 0 Å². The van der Waals surface area contributed by atoms with Gasteiger partial charge in [0.2, 0.25) is 10.0 Å². The summed E-state index contributed by atoms with van der Waals surface area (Å²) >= 11 is 0. The van der Waals surface area contributed by atoms with E-state index in [1.165, 1.54) is 6.20 Å². The zero-order valence-electron chi connectivity index (χ0n) is 10.9. The van der Waals surface area contributed by atoms with Crippen molar-refractivity contribution >= 4 is 20.9 Å². The molecule has 0 fully saturated rings. The summed E-state index contributed by atoms with van der Waals surface area (Å²) < 4.78 is 26.8. The van der Waals surface area contributed by atoms with Gasteiger partial charge in [0.25, 0.3) is 0 Å². The standard InChI is InChI=1S/C13H17N3O2S/c1-10(14-2)8-16-19(17,18)12-7-11-5-3-4-6-13(11)15-9-12/h3-7,9-10,14,16H,8H2,1-2H3. The molecule has 5 nitrogen and oxygen atoms in total. The number of rotatable bonds is 5. The van der Waals surface area contributed by atoms with Crippen molar-refractivity contribution in [2.24, 2.45) is 0 Å². The number of hydrogen-bond donors (Lipinski definition) is 2. The molecule has 1 aromatic carbocycles. The molecule has 19 heavy (non-hydrogen) atoms. The van der Waals surface area contributed by atoms with Crippen molar-refractivity contribution in [2.45, 2.75) is 17.9 Å². The van der Waals surface area contributed by atoms with E-state index in [0.717, 1.165) is 10.9 Å². The van der Waals surface area contributed by atoms with Gasteiger partial charge in [-0.05, 0) is 26.1 Å². The monoisotopic (exact) mass is 279 g/mol. The highest BCUT2D eigenvalue weighted by Crippen LogP contribution is 2.16. The van der Waals surface area contributed by atoms with Gasteiger partial charge in [-0.25, -0.2) is 13.1 Å². The predicted octanol–water partition coefficient (Wildman–Crippen LogP) is 1.12. The van der Waals surface area contributed by atoms with Crippen LogP contribution in [0.3, 0.4) is 0 Å². The Labute approximate surface area is 113 Å². The van der Waals surface area contributed by atoms with Crippen molar-refractivity contribution in [1.82, 2.24) is 15.0 Å². The molecule has 1 unspecified atom stereocenters. The van der Waals surface area contributed by atoms with Gasteiger partial charge in [0.1, 0.15) is 4.90 Å². The lowest BCUT2D eigenvalue weighted by molar-refractivity contribution is 0.554. The van der Waals surface area contributed by atoms with E-state index in [0.29, 0.717) is 6.54 Å². The Bertz CT molecular complexity index is 670. The molecular weight excluding hydrogens is 262 g/mol. The van der Waals surface area contributed by atoms with Crippen molar-refractivity contribution in [3.63, 3.8) is 0 Å². The quantitative estimate of drug-likeness (QED) is 0.860. The van der Waals surface area contributed by atoms with E-state index < -0.39 is 10.0 Å². The number of likely N-dealkylation sites (N-methyl/N-ethyl adjacent to an activating group) is 1. The Morgan fingerprint density at radius 2 is 2.05 bits per heavy atom. The first kappa shape index (κ1) is 13.9. The van der Waals surface area contributed by atoms with Gasteiger partial charge in [0, 0.05) is 24.2 Å². The van der Waals surface area contributed by atoms with Crippen molar-refractivity contribution in [3.8, 4) is 0 Å². The number of nitrogens with one attached hydrogen (secondary N) is 2. The summed E-state index contributed by atoms with van der Waals surface area (Å²) in [4.78, 5) is 4.35. The second-order valence-electron chi connectivity index (χ2n) is 4.41. The molecule has 2 rings (SSSR count). The minimum atomic E-state index is -3.51. The molecule has 1 aromatic heterocycles. The van der Waals surface area contributed by atoms with Crippen molar-refractivity contribution < 1.29 is 8.42 Å². The second-order valence-corrected chi connectivity index (χ2v) is 6.17. The molecule has 2 aromatic rings. The smallest absolute Gasteiger partial charge is 0.242 e. The number of sulfonamides is 1. The molecule has 0 aliphatic rings. The van der Waals surface area contributed by atoms with Crippen LogP contribution in [0.25, 0.3) is 10.9 Å². The van der Waals surface area contributed by atoms with E-state index >= 15 is 0 Å². The number of para-hydroxylation sites is 1. The number of fused-ring (bicyclic) bond motifs is 1. The average Bonchev–Trinajstić information content (AvgIpc) is 2.44. The van der Waals surface area contributed by atoms with E-state index in [9.17, 15) is 8.42 Å². The first-order chi connectivity index (χ1) is 9.03. The summed E-state index contributed by atoms with van der Waals surface area (Å²) in [5.41, 5.74) is 0.782. The molecule has 0 spiro atoms. The Kier molecular flexibility index (Phi) is 4.14. The molecule has 2 N–H and O–H groups in total. The molecule has 0 radical (unpaired) electrons. The molecule has 1 atom stereocenters. The third kappa shape index (κ3) is 3.28. The van der Waals surface area contributed by atoms with Crippen LogP contribution in [0.5, 0.6) is 0 Å². The summed E-state index contributed by atoms with van der Waals surface area (Å²) in [6.07, 6.45) is 1.38. The van der Waals surface area contributed by atoms with Crippen LogP contribution >= 0.6 is 0 Å². The van der Waals surface area contributed by atoms with E-state index in [1.54, 1.807) is 13.1 Å². The van der Waals surface area contributed by atoms with Gasteiger partial charge in [-0.15, -0.1) is 0 Å². The number of pyridine rings is 1. The van der Waals surface area contributed by atoms with Crippen LogP contribution in [0.4, 0.5) is 0 Å². The third-order valence-electron chi connectivity index (χ3n) is 2.95. The number of aromatic nitrogens is 1. The maximum absolute atomic E-state index is 12.1. The summed E-state index contributed by atoms with van der Waals surface area (Å²) in [5.74, 6) is 0. The Morgan fingerprint density at radius 1 is 1.32 bits per heavy atom. The maximum atomic E-state index is 12.1. The molecule has 0 bridgehead atoms. The van der Waals surface area contributed by atoms with Crippen LogP contribution < -0.4 is 10.0 Å². The third-order valence-corrected chi connectivity index (χ3v) is 4.34. The van der Waals surface area contributed by atoms with Crippen LogP contribution in [-0.4, -0.2) is 33.0 Å². The van der Waals surface area contributed by atoms with Gasteiger partial charge >= 0.3 is 0 Å². The second kappa shape index (κ2) is 5.64. The molecule has 0 aliphatic heterocycles. The Morgan fingerprint density at radius 3 is 2.79 bits per heavy atom. The van der Waals surface area contributed by atoms with Gasteiger partial charge in [-0.3, -0.25) is 4.98 Å². The minimum Gasteiger partial charge on any atom is -0.316 e. The van der Waals surface area contributed by atoms with Crippen molar-refractivity contribution in [3.05, 3.63) is 36.5 Å². The lowest BCUT2D eigenvalue weighted by Crippen LogP contribution is -2.37. The van der Waals surface area contributed by atoms with Crippen molar-refractivity contribution in [1.29, 1.82) is 0 Å². The van der Waals surface area contributed by atoms with E-state index in [4.69, 9.17) is 0 Å². The summed E-state index contributed by atoms with van der Waals surface area (Å²) in [5, 5.41) is 3.79. The molecule has 1 heterocycles. The normalized spacial score (nSPS) is 13.6. The van der Waals surface area contributed by atoms with Gasteiger partial charge < -0.3 is 5.32 Å². The average molecular weight is 279 g/mol. The van der Waals surface area contributed by atoms with Crippen molar-refractivity contribution in [2.75, 3.05) is 13.6 Å². The number of nitrogens with zero attached hydrogens (tertiary/aromatic N) is 1. The molecule has 0 saturated heterocycles. The van der Waals surface area contributed by atoms with Gasteiger partial charge in [0.05, 0.1) is 5.52 Å². The van der Waals surface area contributed by atoms with E-state index in [1.807, 2.05) is 31.2 Å². The molecule has 0 saturated carbocycles. The summed E-state index contributed by atoms with van der Waals surface area (Å²) in [7, 11) is -1.72. The first-order valence-electron chi connectivity index (χ1n) is 6.04. The number of benzene rings is 1. The SMILES string of the molecule is CNC(C)CNS(=O)(=O)c1cnc2ccccc2c1. The van der Waals surface area contributed by atoms with Crippen LogP contribution in [-0.2, 0) is 10.0 Å². The molecule has 0 aliphatic carbocycles. The topological polar surface area (TPSA) is 71.1 Å². The van der Waals surface area contributed by atoms with Gasteiger partial charge in [-0.1, -0.05) is 18.2 Å². The summed E-state index contributed by atoms with van der Waals surface area (Å²) in [6, 6.07) is 9.13. The number of hydrogen-bond acceptors (Lipinski definition) is 4. The van der Waals surface area contributed by atoms with E-state index in [2.05, 4.69) is 15.0 Å². The molecular formula is C13H17N3O2S. The fourth-order valence-corrected chi connectivity index (χ4v) is 2.73. The largest absolute Gasteiger partial charge is 0.316 e. The van der Waals surface area contributed by atoms with E-state index in [-0.39, 0.29) is 10.9 Å². The lowest BCUT2D eigenvalue weighted by atomic mass is 10.2. The minimum absolute atomic E-state index is 0.0724. The molecule has 0 amide bonds. The highest BCUT2D eigenvalue weighted by Gasteiger charge is 2.15. The Hall–Kier alpha value is -1.50. The fraction of sp³-hybridized carbons (Fsp3) is 0.308. The highest BCUT2D eigenvalue weighted by molar-refractivity contribution is 7.89. The predicted molar refractivity (Wildman–Crippen MR) is 75.5 cm³/mol. The molecule has 102 valence electrons. The van der Waals surface area contributed by atoms with Crippen LogP contribution in [0.1, 0.15) is 6.92 Å². The molecule has 6 heteroatoms. The first-order valence-corrected chi connectivity index (χ1v) is 7.53. The Balaban J connectivity index is 2.27.